The van der Waals surface area contributed by atoms with Crippen molar-refractivity contribution in [3.8, 4) is 0 Å². The van der Waals surface area contributed by atoms with Crippen LogP contribution in [-0.2, 0) is 17.8 Å². The molecule has 22 heavy (non-hydrogen) atoms. The molecule has 0 saturated carbocycles. The first-order chi connectivity index (χ1) is 10.7. The minimum Gasteiger partial charge on any atom is -0.307 e. The van der Waals surface area contributed by atoms with Crippen LogP contribution >= 0.6 is 0 Å². The Hall–Kier alpha value is -2.62. The predicted octanol–water partition coefficient (Wildman–Crippen LogP) is 2.89. The van der Waals surface area contributed by atoms with E-state index in [0.717, 1.165) is 16.7 Å². The number of urea groups is 1. The molecule has 1 fully saturated rings. The van der Waals surface area contributed by atoms with E-state index in [4.69, 9.17) is 0 Å². The van der Waals surface area contributed by atoms with Gasteiger partial charge in [0.25, 0.3) is 5.91 Å². The fraction of sp³-hybridized carbons (Fsp3) is 0.222. The number of imide groups is 1. The molecule has 0 bridgehead atoms. The number of hydrogen-bond donors (Lipinski definition) is 0. The van der Waals surface area contributed by atoms with E-state index in [1.807, 2.05) is 55.5 Å². The molecule has 1 saturated heterocycles. The zero-order valence-electron chi connectivity index (χ0n) is 12.3. The van der Waals surface area contributed by atoms with Crippen LogP contribution in [0.25, 0.3) is 0 Å². The lowest BCUT2D eigenvalue weighted by Gasteiger charge is -2.28. The number of carbonyl (C=O) groups is 2. The summed E-state index contributed by atoms with van der Waals surface area (Å²) in [6, 6.07) is 15.0. The molecule has 0 aromatic heterocycles. The first-order valence-corrected chi connectivity index (χ1v) is 7.44. The summed E-state index contributed by atoms with van der Waals surface area (Å²) in [7, 11) is 0. The fourth-order valence-corrected chi connectivity index (χ4v) is 3.35. The molecule has 1 atom stereocenters. The van der Waals surface area contributed by atoms with Crippen LogP contribution in [0.3, 0.4) is 0 Å². The molecular weight excluding hydrogens is 276 g/mol. The third-order valence-electron chi connectivity index (χ3n) is 4.55. The molecule has 2 aliphatic rings. The lowest BCUT2D eigenvalue weighted by molar-refractivity contribution is -0.120. The minimum absolute atomic E-state index is 0.117. The average Bonchev–Trinajstić information content (AvgIpc) is 2.77. The quantitative estimate of drug-likeness (QED) is 0.758. The highest BCUT2D eigenvalue weighted by atomic mass is 16.2. The van der Waals surface area contributed by atoms with E-state index in [1.54, 1.807) is 4.90 Å². The lowest BCUT2D eigenvalue weighted by Crippen LogP contribution is -2.39. The van der Waals surface area contributed by atoms with E-state index in [-0.39, 0.29) is 18.0 Å². The highest BCUT2D eigenvalue weighted by molar-refractivity contribution is 6.21. The van der Waals surface area contributed by atoms with Crippen molar-refractivity contribution in [3.05, 3.63) is 65.2 Å². The summed E-state index contributed by atoms with van der Waals surface area (Å²) in [6.45, 7) is 2.43. The van der Waals surface area contributed by atoms with E-state index in [0.29, 0.717) is 18.7 Å². The number of nitrogens with zero attached hydrogens (tertiary/aromatic N) is 2. The lowest BCUT2D eigenvalue weighted by atomic mass is 9.95. The van der Waals surface area contributed by atoms with E-state index >= 15 is 0 Å². The number of aryl methyl sites for hydroxylation is 1. The van der Waals surface area contributed by atoms with Gasteiger partial charge < -0.3 is 4.90 Å². The number of carbonyl (C=O) groups excluding carboxylic acids is 2. The second-order valence-electron chi connectivity index (χ2n) is 5.86. The average molecular weight is 292 g/mol. The zero-order chi connectivity index (χ0) is 15.3. The molecule has 3 amide bonds. The molecule has 4 heteroatoms. The highest BCUT2D eigenvalue weighted by Crippen LogP contribution is 2.33. The molecule has 0 aliphatic carbocycles. The van der Waals surface area contributed by atoms with Crippen molar-refractivity contribution in [2.24, 2.45) is 0 Å². The molecule has 2 aromatic carbocycles. The maximum Gasteiger partial charge on any atom is 0.332 e. The number of amides is 3. The van der Waals surface area contributed by atoms with Crippen LogP contribution in [0.1, 0.15) is 16.7 Å². The molecule has 0 radical (unpaired) electrons. The van der Waals surface area contributed by atoms with Gasteiger partial charge in [-0.2, -0.15) is 0 Å². The van der Waals surface area contributed by atoms with Crippen LogP contribution in [0, 0.1) is 6.92 Å². The Labute approximate surface area is 129 Å². The van der Waals surface area contributed by atoms with Gasteiger partial charge in [0.15, 0.2) is 0 Å². The van der Waals surface area contributed by atoms with Crippen LogP contribution in [0.15, 0.2) is 48.5 Å². The summed E-state index contributed by atoms with van der Waals surface area (Å²) in [5.74, 6) is -0.117. The molecule has 2 aromatic rings. The SMILES string of the molecule is Cc1ccccc1N1C(=O)[C@@H]2Cc3ccccc3CN2C1=O. The Morgan fingerprint density at radius 2 is 1.64 bits per heavy atom. The normalized spacial score (nSPS) is 20.1. The van der Waals surface area contributed by atoms with Crippen LogP contribution in [0.5, 0.6) is 0 Å². The summed E-state index contributed by atoms with van der Waals surface area (Å²) in [6.07, 6.45) is 0.600. The Kier molecular flexibility index (Phi) is 2.79. The third-order valence-corrected chi connectivity index (χ3v) is 4.55. The molecule has 4 nitrogen and oxygen atoms in total. The van der Waals surface area contributed by atoms with Gasteiger partial charge in [0.05, 0.1) is 5.69 Å². The van der Waals surface area contributed by atoms with Crippen molar-refractivity contribution in [1.29, 1.82) is 0 Å². The Balaban J connectivity index is 1.75. The van der Waals surface area contributed by atoms with Crippen molar-refractivity contribution in [1.82, 2.24) is 4.90 Å². The van der Waals surface area contributed by atoms with Crippen molar-refractivity contribution in [3.63, 3.8) is 0 Å². The topological polar surface area (TPSA) is 40.6 Å². The van der Waals surface area contributed by atoms with Gasteiger partial charge in [-0.25, -0.2) is 9.69 Å². The van der Waals surface area contributed by atoms with E-state index in [2.05, 4.69) is 0 Å². The largest absolute Gasteiger partial charge is 0.332 e. The van der Waals surface area contributed by atoms with E-state index < -0.39 is 0 Å². The standard InChI is InChI=1S/C18H16N2O2/c1-12-6-2-5-9-15(12)20-17(21)16-10-13-7-3-4-8-14(13)11-19(16)18(20)22/h2-9,16H,10-11H2,1H3/t16-/m0/s1. The maximum atomic E-state index is 12.8. The summed E-state index contributed by atoms with van der Waals surface area (Å²) in [5, 5.41) is 0. The molecule has 0 N–H and O–H groups in total. The summed E-state index contributed by atoms with van der Waals surface area (Å²) < 4.78 is 0. The van der Waals surface area contributed by atoms with Gasteiger partial charge >= 0.3 is 6.03 Å². The summed E-state index contributed by atoms with van der Waals surface area (Å²) in [4.78, 5) is 28.6. The predicted molar refractivity (Wildman–Crippen MR) is 83.5 cm³/mol. The first kappa shape index (κ1) is 13.1. The van der Waals surface area contributed by atoms with Crippen molar-refractivity contribution >= 4 is 17.6 Å². The molecule has 2 heterocycles. The molecule has 2 aliphatic heterocycles. The van der Waals surface area contributed by atoms with E-state index in [1.165, 1.54) is 4.90 Å². The molecule has 0 unspecified atom stereocenters. The second kappa shape index (κ2) is 4.70. The van der Waals surface area contributed by atoms with Gasteiger partial charge in [-0.3, -0.25) is 4.79 Å². The fourth-order valence-electron chi connectivity index (χ4n) is 3.35. The van der Waals surface area contributed by atoms with Gasteiger partial charge in [-0.05, 0) is 29.7 Å². The second-order valence-corrected chi connectivity index (χ2v) is 5.86. The van der Waals surface area contributed by atoms with Crippen LogP contribution in [0.4, 0.5) is 10.5 Å². The monoisotopic (exact) mass is 292 g/mol. The molecule has 4 rings (SSSR count). The number of hydrogen-bond acceptors (Lipinski definition) is 2. The van der Waals surface area contributed by atoms with Crippen LogP contribution in [-0.4, -0.2) is 22.9 Å². The number of rotatable bonds is 1. The van der Waals surface area contributed by atoms with Gasteiger partial charge in [-0.1, -0.05) is 42.5 Å². The number of fused-ring (bicyclic) bond motifs is 2. The third kappa shape index (κ3) is 1.77. The highest BCUT2D eigenvalue weighted by Gasteiger charge is 2.48. The van der Waals surface area contributed by atoms with E-state index in [9.17, 15) is 9.59 Å². The van der Waals surface area contributed by atoms with Crippen molar-refractivity contribution in [2.75, 3.05) is 4.90 Å². The smallest absolute Gasteiger partial charge is 0.307 e. The van der Waals surface area contributed by atoms with Crippen LogP contribution < -0.4 is 4.90 Å². The van der Waals surface area contributed by atoms with Gasteiger partial charge in [0.1, 0.15) is 6.04 Å². The summed E-state index contributed by atoms with van der Waals surface area (Å²) >= 11 is 0. The van der Waals surface area contributed by atoms with Crippen molar-refractivity contribution in [2.45, 2.75) is 25.9 Å². The van der Waals surface area contributed by atoms with Gasteiger partial charge in [0.2, 0.25) is 0 Å². The Morgan fingerprint density at radius 1 is 0.955 bits per heavy atom. The number of para-hydroxylation sites is 1. The van der Waals surface area contributed by atoms with Gasteiger partial charge in [-0.15, -0.1) is 0 Å². The Morgan fingerprint density at radius 3 is 2.41 bits per heavy atom. The first-order valence-electron chi connectivity index (χ1n) is 7.44. The van der Waals surface area contributed by atoms with Crippen LogP contribution in [0.2, 0.25) is 0 Å². The Bertz CT molecular complexity index is 741. The maximum absolute atomic E-state index is 12.8. The number of benzene rings is 2. The molecule has 110 valence electrons. The summed E-state index contributed by atoms with van der Waals surface area (Å²) in [5.41, 5.74) is 3.92. The zero-order valence-corrected chi connectivity index (χ0v) is 12.3. The molecular formula is C18H16N2O2. The minimum atomic E-state index is -0.373. The number of anilines is 1. The molecule has 0 spiro atoms. The van der Waals surface area contributed by atoms with Crippen molar-refractivity contribution < 1.29 is 9.59 Å². The van der Waals surface area contributed by atoms with Gasteiger partial charge in [0, 0.05) is 13.0 Å².